The molecule has 182 valence electrons. The van der Waals surface area contributed by atoms with Crippen LogP contribution >= 0.6 is 22.6 Å². The molecule has 4 aromatic rings. The maximum atomic E-state index is 13.0. The van der Waals surface area contributed by atoms with E-state index in [0.29, 0.717) is 23.0 Å². The number of aryl methyl sites for hydroxylation is 2. The molecule has 0 spiro atoms. The highest BCUT2D eigenvalue weighted by atomic mass is 127. The third kappa shape index (κ3) is 4.05. The average Bonchev–Trinajstić information content (AvgIpc) is 3.36. The molecule has 1 aliphatic rings. The monoisotopic (exact) mass is 594 g/mol. The summed E-state index contributed by atoms with van der Waals surface area (Å²) < 4.78 is 2.72. The van der Waals surface area contributed by atoms with Crippen molar-refractivity contribution in [3.8, 4) is 17.0 Å². The number of aromatic carboxylic acids is 1. The smallest absolute Gasteiger partial charge is 0.339 e. The van der Waals surface area contributed by atoms with Crippen LogP contribution in [0, 0.1) is 10.5 Å². The number of ketones is 1. The van der Waals surface area contributed by atoms with E-state index in [1.54, 1.807) is 4.90 Å². The number of amides is 1. The number of carboxylic acids is 1. The minimum Gasteiger partial charge on any atom is -0.507 e. The normalized spacial score (nSPS) is 12.7. The van der Waals surface area contributed by atoms with Crippen LogP contribution in [0.5, 0.6) is 5.75 Å². The number of halogens is 1. The molecule has 2 N–H and O–H groups in total. The molecule has 0 fully saturated rings. The molecular weight excluding hydrogens is 571 g/mol. The number of benzene rings is 3. The summed E-state index contributed by atoms with van der Waals surface area (Å²) >= 11 is 2.17. The number of rotatable bonds is 5. The summed E-state index contributed by atoms with van der Waals surface area (Å²) in [5.41, 5.74) is 5.92. The van der Waals surface area contributed by atoms with Gasteiger partial charge in [0.1, 0.15) is 11.3 Å². The number of aromatic nitrogens is 1. The van der Waals surface area contributed by atoms with Crippen molar-refractivity contribution in [2.24, 2.45) is 7.05 Å². The number of hydrogen-bond acceptors (Lipinski definition) is 4. The van der Waals surface area contributed by atoms with Crippen LogP contribution in [0.1, 0.15) is 27.0 Å². The lowest BCUT2D eigenvalue weighted by atomic mass is 10.0. The van der Waals surface area contributed by atoms with Gasteiger partial charge in [0.25, 0.3) is 5.91 Å². The van der Waals surface area contributed by atoms with Gasteiger partial charge in [0.15, 0.2) is 0 Å². The van der Waals surface area contributed by atoms with Gasteiger partial charge in [0.05, 0.1) is 11.2 Å². The molecule has 0 bridgehead atoms. The van der Waals surface area contributed by atoms with Crippen LogP contribution in [-0.4, -0.2) is 39.0 Å². The van der Waals surface area contributed by atoms with E-state index in [-0.39, 0.29) is 17.7 Å². The Hall–Kier alpha value is -3.66. The lowest BCUT2D eigenvalue weighted by Gasteiger charge is -2.16. The summed E-state index contributed by atoms with van der Waals surface area (Å²) in [7, 11) is 1.84. The topological polar surface area (TPSA) is 99.8 Å². The molecule has 7 nitrogen and oxygen atoms in total. The lowest BCUT2D eigenvalue weighted by Crippen LogP contribution is -2.36. The molecule has 2 heterocycles. The highest BCUT2D eigenvalue weighted by Gasteiger charge is 2.29. The molecule has 36 heavy (non-hydrogen) atoms. The second-order valence-corrected chi connectivity index (χ2v) is 10.1. The van der Waals surface area contributed by atoms with E-state index in [9.17, 15) is 24.6 Å². The van der Waals surface area contributed by atoms with Crippen LogP contribution in [0.4, 0.5) is 5.69 Å². The number of phenols is 1. The van der Waals surface area contributed by atoms with E-state index in [4.69, 9.17) is 0 Å². The van der Waals surface area contributed by atoms with Gasteiger partial charge in [-0.15, -0.1) is 0 Å². The highest BCUT2D eigenvalue weighted by molar-refractivity contribution is 14.1. The number of aromatic hydroxyl groups is 1. The molecule has 1 amide bonds. The van der Waals surface area contributed by atoms with Crippen LogP contribution in [0.3, 0.4) is 0 Å². The maximum absolute atomic E-state index is 13.0. The van der Waals surface area contributed by atoms with E-state index in [2.05, 4.69) is 28.7 Å². The Labute approximate surface area is 221 Å². The van der Waals surface area contributed by atoms with Crippen molar-refractivity contribution >= 4 is 56.8 Å². The Balaban J connectivity index is 1.44. The third-order valence-electron chi connectivity index (χ3n) is 6.66. The van der Waals surface area contributed by atoms with Gasteiger partial charge < -0.3 is 19.7 Å². The minimum atomic E-state index is -1.20. The van der Waals surface area contributed by atoms with Crippen molar-refractivity contribution in [3.05, 3.63) is 80.4 Å². The van der Waals surface area contributed by atoms with Gasteiger partial charge in [0.2, 0.25) is 5.78 Å². The fraction of sp³-hybridized carbons (Fsp3) is 0.179. The van der Waals surface area contributed by atoms with Gasteiger partial charge in [-0.2, -0.15) is 0 Å². The van der Waals surface area contributed by atoms with Crippen molar-refractivity contribution in [1.29, 1.82) is 0 Å². The quantitative estimate of drug-likeness (QED) is 0.254. The number of nitrogens with zero attached hydrogens (tertiary/aromatic N) is 2. The van der Waals surface area contributed by atoms with Crippen molar-refractivity contribution < 1.29 is 24.6 Å². The second kappa shape index (κ2) is 9.09. The van der Waals surface area contributed by atoms with E-state index >= 15 is 0 Å². The predicted octanol–water partition coefficient (Wildman–Crippen LogP) is 4.86. The van der Waals surface area contributed by atoms with Crippen molar-refractivity contribution in [2.45, 2.75) is 19.8 Å². The number of fused-ring (bicyclic) bond motifs is 2. The molecular formula is C28H23IN2O5. The van der Waals surface area contributed by atoms with E-state index in [1.165, 1.54) is 12.1 Å². The Bertz CT molecular complexity index is 1590. The van der Waals surface area contributed by atoms with Crippen LogP contribution in [-0.2, 0) is 29.5 Å². The highest BCUT2D eigenvalue weighted by Crippen LogP contribution is 2.37. The Morgan fingerprint density at radius 3 is 2.58 bits per heavy atom. The fourth-order valence-corrected chi connectivity index (χ4v) is 6.00. The van der Waals surface area contributed by atoms with Gasteiger partial charge in [-0.1, -0.05) is 35.9 Å². The second-order valence-electron chi connectivity index (χ2n) is 9.05. The van der Waals surface area contributed by atoms with Crippen molar-refractivity contribution in [2.75, 3.05) is 11.4 Å². The van der Waals surface area contributed by atoms with Crippen LogP contribution in [0.2, 0.25) is 0 Å². The molecule has 1 aromatic heterocycles. The fourth-order valence-electron chi connectivity index (χ4n) is 4.90. The molecule has 5 rings (SSSR count). The minimum absolute atomic E-state index is 0.0190. The number of carboxylic acid groups (broad SMARTS) is 1. The first kappa shape index (κ1) is 24.1. The SMILES string of the molecule is Cc1ccc2c(c1)CCN2C(=O)C(=O)Cc1cccc(-c2c(I)c3cc(C(=O)O)c(O)cc3n2C)c1. The Kier molecular flexibility index (Phi) is 6.07. The van der Waals surface area contributed by atoms with E-state index in [0.717, 1.165) is 38.1 Å². The van der Waals surface area contributed by atoms with Gasteiger partial charge in [-0.3, -0.25) is 9.59 Å². The number of carbonyl (C=O) groups is 3. The molecule has 0 saturated heterocycles. The average molecular weight is 594 g/mol. The summed E-state index contributed by atoms with van der Waals surface area (Å²) in [5, 5.41) is 20.3. The summed E-state index contributed by atoms with van der Waals surface area (Å²) in [6.07, 6.45) is 0.721. The molecule has 0 unspecified atom stereocenters. The van der Waals surface area contributed by atoms with Crippen LogP contribution < -0.4 is 4.90 Å². The summed E-state index contributed by atoms with van der Waals surface area (Å²) in [6.45, 7) is 2.51. The zero-order chi connectivity index (χ0) is 25.7. The van der Waals surface area contributed by atoms with E-state index in [1.807, 2.05) is 54.9 Å². The number of hydrogen-bond donors (Lipinski definition) is 2. The molecule has 0 radical (unpaired) electrons. The number of Topliss-reactive ketones (excluding diaryl/α,β-unsaturated/α-hetero) is 1. The van der Waals surface area contributed by atoms with E-state index < -0.39 is 17.7 Å². The molecule has 8 heteroatoms. The van der Waals surface area contributed by atoms with Crippen LogP contribution in [0.25, 0.3) is 22.2 Å². The zero-order valence-electron chi connectivity index (χ0n) is 19.7. The van der Waals surface area contributed by atoms with Crippen molar-refractivity contribution in [1.82, 2.24) is 4.57 Å². The zero-order valence-corrected chi connectivity index (χ0v) is 21.9. The summed E-state index contributed by atoms with van der Waals surface area (Å²) in [5.74, 6) is -2.46. The first-order chi connectivity index (χ1) is 17.2. The molecule has 0 saturated carbocycles. The van der Waals surface area contributed by atoms with Gasteiger partial charge in [0, 0.05) is 40.7 Å². The van der Waals surface area contributed by atoms with Crippen LogP contribution in [0.15, 0.2) is 54.6 Å². The Morgan fingerprint density at radius 2 is 1.83 bits per heavy atom. The maximum Gasteiger partial charge on any atom is 0.339 e. The summed E-state index contributed by atoms with van der Waals surface area (Å²) in [6, 6.07) is 16.3. The number of anilines is 1. The first-order valence-electron chi connectivity index (χ1n) is 11.4. The third-order valence-corrected chi connectivity index (χ3v) is 7.76. The molecule has 0 aliphatic carbocycles. The number of carbonyl (C=O) groups excluding carboxylic acids is 2. The summed E-state index contributed by atoms with van der Waals surface area (Å²) in [4.78, 5) is 39.0. The lowest BCUT2D eigenvalue weighted by molar-refractivity contribution is -0.135. The molecule has 1 aliphatic heterocycles. The predicted molar refractivity (Wildman–Crippen MR) is 146 cm³/mol. The van der Waals surface area contributed by atoms with Gasteiger partial charge in [-0.05, 0) is 70.8 Å². The molecule has 0 atom stereocenters. The van der Waals surface area contributed by atoms with Gasteiger partial charge in [-0.25, -0.2) is 4.79 Å². The largest absolute Gasteiger partial charge is 0.507 e. The standard InChI is InChI=1S/C28H23IN2O5/c1-15-6-7-21-17(10-15)8-9-31(21)27(34)24(33)12-16-4-3-5-18(11-16)26-25(29)19-13-20(28(35)36)23(32)14-22(19)30(26)2/h3-7,10-11,13-14,32H,8-9,12H2,1-2H3,(H,35,36). The Morgan fingerprint density at radius 1 is 1.06 bits per heavy atom. The van der Waals surface area contributed by atoms with Gasteiger partial charge >= 0.3 is 5.97 Å². The van der Waals surface area contributed by atoms with Crippen molar-refractivity contribution in [3.63, 3.8) is 0 Å². The molecule has 3 aromatic carbocycles. The first-order valence-corrected chi connectivity index (χ1v) is 12.5.